The maximum Gasteiger partial charge on any atom is 2.00 e. The normalized spacial score (nSPS) is 5.14. The Morgan fingerprint density at radius 3 is 1.00 bits per heavy atom. The van der Waals surface area contributed by atoms with Crippen LogP contribution in [-0.4, -0.2) is 0 Å². The fraction of sp³-hybridized carbons (Fsp3) is 0.667. The molecule has 0 aliphatic heterocycles. The van der Waals surface area contributed by atoms with Crippen LogP contribution in [0.5, 0.6) is 0 Å². The molecule has 0 spiro atoms. The summed E-state index contributed by atoms with van der Waals surface area (Å²) < 4.78 is 0. The van der Waals surface area contributed by atoms with E-state index in [-0.39, 0.29) is 26.2 Å². The van der Waals surface area contributed by atoms with Gasteiger partial charge in [-0.2, -0.15) is 12.8 Å². The van der Waals surface area contributed by atoms with E-state index in [9.17, 15) is 0 Å². The molecule has 0 aromatic rings. The monoisotopic (exact) mass is 176 g/mol. The van der Waals surface area contributed by atoms with Gasteiger partial charge in [-0.1, -0.05) is 13.8 Å². The average Bonchev–Trinajstić information content (AvgIpc) is 1.39. The van der Waals surface area contributed by atoms with Gasteiger partial charge in [0.2, 0.25) is 0 Å². The first-order valence-electron chi connectivity index (χ1n) is 2.41. The molecule has 0 aliphatic carbocycles. The van der Waals surface area contributed by atoms with Crippen molar-refractivity contribution in [2.45, 2.75) is 26.7 Å². The van der Waals surface area contributed by atoms with E-state index in [1.54, 1.807) is 0 Å². The van der Waals surface area contributed by atoms with Crippen molar-refractivity contribution >= 4 is 0 Å². The zero-order valence-electron chi connectivity index (χ0n) is 5.33. The number of rotatable bonds is 0. The van der Waals surface area contributed by atoms with E-state index < -0.39 is 0 Å². The Balaban J connectivity index is -0.0000000400. The molecule has 0 aliphatic rings. The molecule has 1 heteroatoms. The largest absolute Gasteiger partial charge is 2.00 e. The smallest absolute Gasteiger partial charge is 0.344 e. The maximum absolute atomic E-state index is 3.49. The van der Waals surface area contributed by atoms with Crippen molar-refractivity contribution in [1.29, 1.82) is 0 Å². The minimum Gasteiger partial charge on any atom is -0.344 e. The zero-order chi connectivity index (χ0) is 5.41. The minimum atomic E-state index is 0. The van der Waals surface area contributed by atoms with Crippen molar-refractivity contribution in [3.8, 4) is 0 Å². The topological polar surface area (TPSA) is 0 Å². The quantitative estimate of drug-likeness (QED) is 0.499. The Labute approximate surface area is 66.8 Å². The van der Waals surface area contributed by atoms with E-state index >= 15 is 0 Å². The Bertz CT molecular complexity index is 6.14. The Kier molecular flexibility index (Phi) is 64.1. The molecule has 0 saturated carbocycles. The molecule has 0 atom stereocenters. The van der Waals surface area contributed by atoms with Crippen molar-refractivity contribution < 1.29 is 26.2 Å². The summed E-state index contributed by atoms with van der Waals surface area (Å²) in [6.07, 6.45) is 2.00. The number of hydrogen-bond donors (Lipinski definition) is 0. The fourth-order valence-electron chi connectivity index (χ4n) is 0. The summed E-state index contributed by atoms with van der Waals surface area (Å²) in [5.74, 6) is 0. The Morgan fingerprint density at radius 1 is 1.00 bits per heavy atom. The van der Waals surface area contributed by atoms with E-state index in [4.69, 9.17) is 0 Å². The molecular weight excluding hydrogens is 163 g/mol. The van der Waals surface area contributed by atoms with Gasteiger partial charge >= 0.3 is 26.2 Å². The molecular formula is C6H14Zr. The molecule has 0 aromatic heterocycles. The van der Waals surface area contributed by atoms with Crippen LogP contribution in [0.4, 0.5) is 0 Å². The Hall–Kier alpha value is 0.883. The van der Waals surface area contributed by atoms with Crippen LogP contribution in [0.25, 0.3) is 0 Å². The molecule has 7 heavy (non-hydrogen) atoms. The third kappa shape index (κ3) is 210. The molecule has 0 heterocycles. The van der Waals surface area contributed by atoms with Gasteiger partial charge in [-0.15, -0.1) is 0 Å². The van der Waals surface area contributed by atoms with Crippen LogP contribution in [0.2, 0.25) is 0 Å². The molecule has 0 rings (SSSR count). The van der Waals surface area contributed by atoms with Gasteiger partial charge in [0.1, 0.15) is 0 Å². The van der Waals surface area contributed by atoms with Crippen molar-refractivity contribution in [2.24, 2.45) is 0 Å². The standard InChI is InChI=1S/2C3H7.Zr/c2*1-3-2;/h2*1,3H2,2H3;/q2*-1;+2. The summed E-state index contributed by atoms with van der Waals surface area (Å²) in [5.41, 5.74) is 0. The van der Waals surface area contributed by atoms with Crippen LogP contribution in [0.3, 0.4) is 0 Å². The van der Waals surface area contributed by atoms with Gasteiger partial charge in [-0.3, -0.25) is 0 Å². The SMILES string of the molecule is [CH2-]CC.[CH2-]CC.[Zr+2]. The van der Waals surface area contributed by atoms with Gasteiger partial charge in [0.05, 0.1) is 0 Å². The van der Waals surface area contributed by atoms with Crippen LogP contribution in [0, 0.1) is 13.8 Å². The number of hydrogen-bond acceptors (Lipinski definition) is 0. The zero-order valence-corrected chi connectivity index (χ0v) is 7.79. The van der Waals surface area contributed by atoms with E-state index in [0.29, 0.717) is 0 Å². The van der Waals surface area contributed by atoms with Crippen molar-refractivity contribution in [1.82, 2.24) is 0 Å². The van der Waals surface area contributed by atoms with Gasteiger partial charge in [-0.05, 0) is 0 Å². The molecule has 0 bridgehead atoms. The average molecular weight is 177 g/mol. The van der Waals surface area contributed by atoms with Crippen LogP contribution >= 0.6 is 0 Å². The van der Waals surface area contributed by atoms with E-state index in [1.807, 2.05) is 13.8 Å². The first-order valence-corrected chi connectivity index (χ1v) is 2.41. The fourth-order valence-corrected chi connectivity index (χ4v) is 0. The molecule has 0 amide bonds. The molecule has 0 nitrogen and oxygen atoms in total. The van der Waals surface area contributed by atoms with Crippen LogP contribution < -0.4 is 0 Å². The molecule has 0 saturated heterocycles. The summed E-state index contributed by atoms with van der Waals surface area (Å²) >= 11 is 0. The molecule has 0 fully saturated rings. The second-order valence-corrected chi connectivity index (χ2v) is 1.000. The predicted molar refractivity (Wildman–Crippen MR) is 31.3 cm³/mol. The van der Waals surface area contributed by atoms with Crippen molar-refractivity contribution in [3.05, 3.63) is 13.8 Å². The maximum atomic E-state index is 3.49. The molecule has 0 aromatic carbocycles. The van der Waals surface area contributed by atoms with Crippen LogP contribution in [0.15, 0.2) is 0 Å². The summed E-state index contributed by atoms with van der Waals surface area (Å²) in [7, 11) is 0. The predicted octanol–water partition coefficient (Wildman–Crippen LogP) is 2.46. The first kappa shape index (κ1) is 15.7. The van der Waals surface area contributed by atoms with Gasteiger partial charge in [0.25, 0.3) is 0 Å². The van der Waals surface area contributed by atoms with Crippen molar-refractivity contribution in [2.75, 3.05) is 0 Å². The summed E-state index contributed by atoms with van der Waals surface area (Å²) in [6, 6.07) is 0. The summed E-state index contributed by atoms with van der Waals surface area (Å²) in [4.78, 5) is 0. The molecule has 0 radical (unpaired) electrons. The third-order valence-corrected chi connectivity index (χ3v) is 0. The van der Waals surface area contributed by atoms with Crippen LogP contribution in [0.1, 0.15) is 26.7 Å². The van der Waals surface area contributed by atoms with Gasteiger partial charge in [-0.25, -0.2) is 0 Å². The van der Waals surface area contributed by atoms with Crippen molar-refractivity contribution in [3.63, 3.8) is 0 Å². The molecule has 0 N–H and O–H groups in total. The van der Waals surface area contributed by atoms with E-state index in [0.717, 1.165) is 12.8 Å². The minimum absolute atomic E-state index is 0. The first-order chi connectivity index (χ1) is 2.83. The van der Waals surface area contributed by atoms with E-state index in [1.165, 1.54) is 0 Å². The van der Waals surface area contributed by atoms with Gasteiger partial charge in [0.15, 0.2) is 0 Å². The van der Waals surface area contributed by atoms with E-state index in [2.05, 4.69) is 13.8 Å². The van der Waals surface area contributed by atoms with Gasteiger partial charge in [0, 0.05) is 0 Å². The summed E-state index contributed by atoms with van der Waals surface area (Å²) in [5, 5.41) is 0. The molecule has 42 valence electrons. The second-order valence-electron chi connectivity index (χ2n) is 1.000. The third-order valence-electron chi connectivity index (χ3n) is 0. The van der Waals surface area contributed by atoms with Crippen LogP contribution in [-0.2, 0) is 26.2 Å². The molecule has 0 unspecified atom stereocenters. The van der Waals surface area contributed by atoms with Gasteiger partial charge < -0.3 is 13.8 Å². The summed E-state index contributed by atoms with van der Waals surface area (Å²) in [6.45, 7) is 11.0. The Morgan fingerprint density at radius 2 is 1.00 bits per heavy atom. The second kappa shape index (κ2) is 28.7.